The number of rotatable bonds is 6. The molecule has 0 atom stereocenters. The van der Waals surface area contributed by atoms with Gasteiger partial charge in [0.1, 0.15) is 12.3 Å². The summed E-state index contributed by atoms with van der Waals surface area (Å²) in [5.41, 5.74) is 15.2. The lowest BCUT2D eigenvalue weighted by atomic mass is 10.1. The van der Waals surface area contributed by atoms with E-state index in [2.05, 4.69) is 20.6 Å². The molecule has 178 valence electrons. The van der Waals surface area contributed by atoms with Crippen LogP contribution in [0.1, 0.15) is 22.5 Å². The van der Waals surface area contributed by atoms with Gasteiger partial charge in [0.05, 0.1) is 28.7 Å². The van der Waals surface area contributed by atoms with Gasteiger partial charge in [-0.05, 0) is 61.0 Å². The molecule has 0 unspecified atom stereocenters. The van der Waals surface area contributed by atoms with E-state index in [1.807, 2.05) is 49.4 Å². The Kier molecular flexibility index (Phi) is 8.64. The number of hydrogen-bond donors (Lipinski definition) is 5. The van der Waals surface area contributed by atoms with Crippen LogP contribution < -0.4 is 47.0 Å². The summed E-state index contributed by atoms with van der Waals surface area (Å²) >= 11 is 0. The molecule has 4 aromatic rings. The topological polar surface area (TPSA) is 146 Å². The van der Waals surface area contributed by atoms with Gasteiger partial charge in [0.15, 0.2) is 5.82 Å². The molecule has 10 heteroatoms. The van der Waals surface area contributed by atoms with Gasteiger partial charge in [-0.2, -0.15) is 0 Å². The zero-order chi connectivity index (χ0) is 22.8. The molecule has 9 N–H and O–H groups in total. The van der Waals surface area contributed by atoms with Gasteiger partial charge in [0.25, 0.3) is 5.84 Å². The molecule has 0 fully saturated rings. The van der Waals surface area contributed by atoms with Crippen molar-refractivity contribution < 1.29 is 45.9 Å². The van der Waals surface area contributed by atoms with E-state index in [0.717, 1.165) is 28.1 Å². The number of anilines is 1. The van der Waals surface area contributed by atoms with Gasteiger partial charge >= 0.3 is 0 Å². The van der Waals surface area contributed by atoms with Crippen LogP contribution in [0.25, 0.3) is 16.7 Å². The monoisotopic (exact) mass is 500 g/mol. The van der Waals surface area contributed by atoms with Gasteiger partial charge in [-0.25, -0.2) is 4.98 Å². The highest BCUT2D eigenvalue weighted by Gasteiger charge is 2.15. The third kappa shape index (κ3) is 5.31. The Hall–Kier alpha value is -3.59. The molecule has 4 rings (SSSR count). The van der Waals surface area contributed by atoms with Crippen LogP contribution in [0.4, 0.5) is 5.69 Å². The fourth-order valence-corrected chi connectivity index (χ4v) is 3.78. The van der Waals surface area contributed by atoms with Crippen molar-refractivity contribution in [3.8, 4) is 11.4 Å². The summed E-state index contributed by atoms with van der Waals surface area (Å²) in [5, 5.41) is 18.6. The summed E-state index contributed by atoms with van der Waals surface area (Å²) in [4.78, 5) is 17.3. The fraction of sp³-hybridized carbons (Fsp3) is 0.125. The molecular formula is C24H26Cl2N6O2. The molecule has 0 spiro atoms. The lowest BCUT2D eigenvalue weighted by Crippen LogP contribution is -3.00. The number of amides is 1. The number of carbonyl (C=O) groups is 1. The highest BCUT2D eigenvalue weighted by molar-refractivity contribution is 5.95. The van der Waals surface area contributed by atoms with Crippen LogP contribution in [-0.4, -0.2) is 26.4 Å². The SMILES string of the molecule is Cc1cc(NC(=O)Cc2cc(C(N)=[NH2+])ccc2O)ccc1-n1c(C[NH3+])nc2ccccc21.[Cl-].[Cl-]. The van der Waals surface area contributed by atoms with Gasteiger partial charge in [-0.3, -0.25) is 20.5 Å². The standard InChI is InChI=1S/C24H24N6O2.2ClH/c1-14-10-17(28-23(32)12-16-11-15(24(26)27)6-9-21(16)31)7-8-19(14)30-20-5-3-2-4-18(20)29-22(30)13-25;;/h2-11,31H,12-13,25H2,1H3,(H3,26,27)(H,28,32);2*1H. The van der Waals surface area contributed by atoms with Crippen molar-refractivity contribution >= 4 is 28.5 Å². The van der Waals surface area contributed by atoms with E-state index in [1.54, 1.807) is 12.1 Å². The van der Waals surface area contributed by atoms with Gasteiger partial charge in [0.2, 0.25) is 5.91 Å². The summed E-state index contributed by atoms with van der Waals surface area (Å²) in [6.45, 7) is 2.54. The number of benzene rings is 3. The van der Waals surface area contributed by atoms with Crippen LogP contribution in [0.2, 0.25) is 0 Å². The Balaban J connectivity index is 0.00000204. The molecular weight excluding hydrogens is 475 g/mol. The Labute approximate surface area is 209 Å². The van der Waals surface area contributed by atoms with Crippen molar-refractivity contribution in [1.82, 2.24) is 9.55 Å². The van der Waals surface area contributed by atoms with Crippen LogP contribution in [0.15, 0.2) is 60.7 Å². The summed E-state index contributed by atoms with van der Waals surface area (Å²) in [6, 6.07) is 18.4. The maximum Gasteiger partial charge on any atom is 0.270 e. The third-order valence-corrected chi connectivity index (χ3v) is 5.34. The average Bonchev–Trinajstić information content (AvgIpc) is 3.13. The summed E-state index contributed by atoms with van der Waals surface area (Å²) in [5.74, 6) is 0.764. The van der Waals surface area contributed by atoms with E-state index in [0.29, 0.717) is 23.4 Å². The second-order valence-electron chi connectivity index (χ2n) is 7.63. The normalized spacial score (nSPS) is 10.3. The lowest BCUT2D eigenvalue weighted by molar-refractivity contribution is -0.388. The van der Waals surface area contributed by atoms with Gasteiger partial charge in [0, 0.05) is 11.3 Å². The first kappa shape index (κ1) is 26.7. The molecule has 0 aliphatic rings. The predicted octanol–water partition coefficient (Wildman–Crippen LogP) is -5.56. The van der Waals surface area contributed by atoms with E-state index in [1.165, 1.54) is 6.07 Å². The number of nitrogens with two attached hydrogens (primary N) is 2. The molecule has 0 saturated carbocycles. The Morgan fingerprint density at radius 1 is 1.15 bits per heavy atom. The molecule has 3 aromatic carbocycles. The number of aromatic nitrogens is 2. The van der Waals surface area contributed by atoms with Crippen molar-refractivity contribution in [3.05, 3.63) is 83.2 Å². The number of aromatic hydroxyl groups is 1. The second kappa shape index (κ2) is 11.0. The first-order chi connectivity index (χ1) is 15.4. The Morgan fingerprint density at radius 2 is 1.88 bits per heavy atom. The number of hydrogen-bond acceptors (Lipinski definition) is 3. The van der Waals surface area contributed by atoms with Crippen LogP contribution in [0.3, 0.4) is 0 Å². The van der Waals surface area contributed by atoms with Crippen molar-refractivity contribution in [2.24, 2.45) is 5.73 Å². The number of imidazole rings is 1. The van der Waals surface area contributed by atoms with Crippen LogP contribution >= 0.6 is 0 Å². The number of aryl methyl sites for hydroxylation is 1. The predicted molar refractivity (Wildman–Crippen MR) is 123 cm³/mol. The second-order valence-corrected chi connectivity index (χ2v) is 7.63. The number of phenolic OH excluding ortho intramolecular Hbond substituents is 1. The zero-order valence-corrected chi connectivity index (χ0v) is 20.1. The summed E-state index contributed by atoms with van der Waals surface area (Å²) in [6.07, 6.45) is -0.00837. The van der Waals surface area contributed by atoms with E-state index < -0.39 is 0 Å². The fourth-order valence-electron chi connectivity index (χ4n) is 3.78. The van der Waals surface area contributed by atoms with E-state index in [4.69, 9.17) is 11.1 Å². The summed E-state index contributed by atoms with van der Waals surface area (Å²) in [7, 11) is 0. The minimum Gasteiger partial charge on any atom is -1.00 e. The molecule has 0 aliphatic heterocycles. The smallest absolute Gasteiger partial charge is 0.270 e. The summed E-state index contributed by atoms with van der Waals surface area (Å²) < 4.78 is 2.10. The van der Waals surface area contributed by atoms with Crippen molar-refractivity contribution in [3.63, 3.8) is 0 Å². The third-order valence-electron chi connectivity index (χ3n) is 5.34. The lowest BCUT2D eigenvalue weighted by Gasteiger charge is -2.13. The number of carbonyl (C=O) groups excluding carboxylic acids is 1. The number of quaternary nitrogens is 1. The minimum absolute atomic E-state index is 0. The van der Waals surface area contributed by atoms with E-state index in [9.17, 15) is 9.90 Å². The average molecular weight is 501 g/mol. The van der Waals surface area contributed by atoms with Gasteiger partial charge < -0.3 is 41.0 Å². The molecule has 34 heavy (non-hydrogen) atoms. The number of nitrogens with one attached hydrogen (secondary N) is 1. The van der Waals surface area contributed by atoms with Crippen molar-refractivity contribution in [2.45, 2.75) is 19.9 Å². The Morgan fingerprint density at radius 3 is 2.56 bits per heavy atom. The zero-order valence-electron chi connectivity index (χ0n) is 18.6. The first-order valence-corrected chi connectivity index (χ1v) is 10.2. The molecule has 0 saturated heterocycles. The molecule has 8 nitrogen and oxygen atoms in total. The quantitative estimate of drug-likeness (QED) is 0.133. The molecule has 1 amide bonds. The van der Waals surface area contributed by atoms with Crippen LogP contribution in [0.5, 0.6) is 5.75 Å². The van der Waals surface area contributed by atoms with Gasteiger partial charge in [-0.1, -0.05) is 12.1 Å². The van der Waals surface area contributed by atoms with Gasteiger partial charge in [-0.15, -0.1) is 0 Å². The highest BCUT2D eigenvalue weighted by atomic mass is 35.5. The van der Waals surface area contributed by atoms with E-state index >= 15 is 0 Å². The molecule has 0 aliphatic carbocycles. The number of nitrogens with zero attached hydrogens (tertiary/aromatic N) is 2. The molecule has 1 heterocycles. The van der Waals surface area contributed by atoms with Crippen molar-refractivity contribution in [1.29, 1.82) is 0 Å². The minimum atomic E-state index is -0.258. The maximum atomic E-state index is 12.6. The molecule has 0 radical (unpaired) electrons. The molecule has 0 bridgehead atoms. The number of phenols is 1. The maximum absolute atomic E-state index is 12.6. The van der Waals surface area contributed by atoms with E-state index in [-0.39, 0.29) is 48.7 Å². The van der Waals surface area contributed by atoms with Crippen LogP contribution in [0, 0.1) is 6.92 Å². The Bertz CT molecular complexity index is 1350. The molecule has 1 aromatic heterocycles. The highest BCUT2D eigenvalue weighted by Crippen LogP contribution is 2.26. The number of amidine groups is 1. The van der Waals surface area contributed by atoms with Crippen LogP contribution in [-0.2, 0) is 17.8 Å². The first-order valence-electron chi connectivity index (χ1n) is 10.2. The number of para-hydroxylation sites is 2. The largest absolute Gasteiger partial charge is 1.00 e. The van der Waals surface area contributed by atoms with Crippen molar-refractivity contribution in [2.75, 3.05) is 5.32 Å². The number of halogens is 2. The number of fused-ring (bicyclic) bond motifs is 1.